The zero-order chi connectivity index (χ0) is 18.5. The van der Waals surface area contributed by atoms with Gasteiger partial charge in [-0.15, -0.1) is 24.8 Å². The molecule has 0 saturated heterocycles. The number of hydrogen-bond acceptors (Lipinski definition) is 6. The fourth-order valence-electron chi connectivity index (χ4n) is 2.30. The topological polar surface area (TPSA) is 42.5 Å². The molecule has 0 spiro atoms. The van der Waals surface area contributed by atoms with Crippen LogP contribution in [0.1, 0.15) is 11.1 Å². The van der Waals surface area contributed by atoms with Gasteiger partial charge in [0.15, 0.2) is 0 Å². The Morgan fingerprint density at radius 3 is 1.36 bits per heavy atom. The van der Waals surface area contributed by atoms with Crippen LogP contribution in [0.5, 0.6) is 0 Å². The normalized spacial score (nSPS) is 12.5. The average molecular weight is 466 g/mol. The number of methoxy groups -OCH3 is 2. The lowest BCUT2D eigenvalue weighted by molar-refractivity contribution is 0.0912. The largest absolute Gasteiger partial charge is 0.366 e. The molecule has 28 heavy (non-hydrogen) atoms. The fraction of sp³-hybridized carbons (Fsp3) is 0.400. The minimum atomic E-state index is 0. The van der Waals surface area contributed by atoms with E-state index in [0.717, 1.165) is 24.6 Å². The molecule has 0 bridgehead atoms. The van der Waals surface area contributed by atoms with Crippen LogP contribution in [0.3, 0.4) is 0 Å². The molecule has 0 fully saturated rings. The lowest BCUT2D eigenvalue weighted by atomic mass is 10.2. The van der Waals surface area contributed by atoms with Crippen LogP contribution in [0.2, 0.25) is 0 Å². The summed E-state index contributed by atoms with van der Waals surface area (Å²) in [6.07, 6.45) is 0.0666. The first kappa shape index (κ1) is 27.6. The second kappa shape index (κ2) is 17.4. The molecule has 0 radical (unpaired) electrons. The Kier molecular flexibility index (Phi) is 17.1. The van der Waals surface area contributed by atoms with Gasteiger partial charge >= 0.3 is 0 Å². The number of ether oxygens (including phenoxy) is 2. The third-order valence-electron chi connectivity index (χ3n) is 3.84. The van der Waals surface area contributed by atoms with E-state index < -0.39 is 0 Å². The summed E-state index contributed by atoms with van der Waals surface area (Å²) in [6, 6.07) is 20.7. The number of halogens is 2. The van der Waals surface area contributed by atoms with Crippen molar-refractivity contribution in [2.24, 2.45) is 0 Å². The Bertz CT molecular complexity index is 544. The van der Waals surface area contributed by atoms with Crippen LogP contribution in [0.25, 0.3) is 0 Å². The van der Waals surface area contributed by atoms with Gasteiger partial charge in [-0.25, -0.2) is 0 Å². The Hall–Kier alpha value is -0.440. The molecular weight excluding hydrogens is 435 g/mol. The first-order valence-electron chi connectivity index (χ1n) is 8.66. The molecule has 0 aromatic heterocycles. The second-order valence-corrected chi connectivity index (χ2v) is 8.30. The quantitative estimate of drug-likeness (QED) is 0.253. The summed E-state index contributed by atoms with van der Waals surface area (Å²) in [5, 5.41) is 6.86. The third-order valence-corrected chi connectivity index (χ3v) is 6.21. The predicted octanol–water partition coefficient (Wildman–Crippen LogP) is 4.74. The molecule has 158 valence electrons. The van der Waals surface area contributed by atoms with Gasteiger partial charge < -0.3 is 9.47 Å². The van der Waals surface area contributed by atoms with Crippen LogP contribution in [-0.4, -0.2) is 38.2 Å². The van der Waals surface area contributed by atoms with Crippen LogP contribution >= 0.6 is 46.4 Å². The van der Waals surface area contributed by atoms with Gasteiger partial charge in [0.25, 0.3) is 0 Å². The summed E-state index contributed by atoms with van der Waals surface area (Å²) in [4.78, 5) is 0. The Balaban J connectivity index is 0.00000364. The van der Waals surface area contributed by atoms with Crippen molar-refractivity contribution in [1.29, 1.82) is 0 Å². The molecule has 2 aromatic carbocycles. The molecule has 2 atom stereocenters. The van der Waals surface area contributed by atoms with Crippen LogP contribution in [0, 0.1) is 0 Å². The minimum absolute atomic E-state index is 0. The van der Waals surface area contributed by atoms with E-state index >= 15 is 0 Å². The maximum absolute atomic E-state index is 5.52. The molecule has 0 aliphatic rings. The van der Waals surface area contributed by atoms with Gasteiger partial charge in [-0.05, 0) is 11.1 Å². The lowest BCUT2D eigenvalue weighted by Crippen LogP contribution is -2.33. The maximum Gasteiger partial charge on any atom is 0.117 e. The summed E-state index contributed by atoms with van der Waals surface area (Å²) in [5.74, 6) is 1.76. The highest BCUT2D eigenvalue weighted by atomic mass is 35.5. The van der Waals surface area contributed by atoms with E-state index in [1.165, 1.54) is 11.1 Å². The van der Waals surface area contributed by atoms with E-state index in [9.17, 15) is 0 Å². The average Bonchev–Trinajstić information content (AvgIpc) is 2.71. The van der Waals surface area contributed by atoms with Crippen molar-refractivity contribution in [3.8, 4) is 0 Å². The van der Waals surface area contributed by atoms with Gasteiger partial charge in [-0.1, -0.05) is 82.3 Å². The first-order chi connectivity index (χ1) is 12.8. The monoisotopic (exact) mass is 464 g/mol. The van der Waals surface area contributed by atoms with Crippen LogP contribution in [0.15, 0.2) is 60.7 Å². The smallest absolute Gasteiger partial charge is 0.117 e. The Morgan fingerprint density at radius 2 is 1.04 bits per heavy atom. The maximum atomic E-state index is 5.52. The summed E-state index contributed by atoms with van der Waals surface area (Å²) in [7, 11) is 7.08. The Morgan fingerprint density at radius 1 is 0.679 bits per heavy atom. The van der Waals surface area contributed by atoms with Gasteiger partial charge in [0.1, 0.15) is 12.5 Å². The van der Waals surface area contributed by atoms with Crippen molar-refractivity contribution in [2.45, 2.75) is 25.5 Å². The molecule has 8 heteroatoms. The molecule has 2 N–H and O–H groups in total. The zero-order valence-electron chi connectivity index (χ0n) is 16.2. The fourth-order valence-corrected chi connectivity index (χ4v) is 4.56. The van der Waals surface area contributed by atoms with Crippen LogP contribution in [0.4, 0.5) is 0 Å². The van der Waals surface area contributed by atoms with Crippen molar-refractivity contribution in [1.82, 2.24) is 10.6 Å². The molecular formula is C20H30Cl2N2O2S2. The van der Waals surface area contributed by atoms with Crippen molar-refractivity contribution < 1.29 is 9.47 Å². The SMILES string of the molecule is COC(CSSCC(NCc1ccccc1)OC)NCc1ccccc1.Cl.Cl. The van der Waals surface area contributed by atoms with E-state index in [2.05, 4.69) is 59.2 Å². The number of benzene rings is 2. The molecule has 0 aliphatic heterocycles. The van der Waals surface area contributed by atoms with E-state index in [1.54, 1.807) is 35.8 Å². The molecule has 0 amide bonds. The van der Waals surface area contributed by atoms with Crippen LogP contribution < -0.4 is 10.6 Å². The van der Waals surface area contributed by atoms with Gasteiger partial charge in [0, 0.05) is 38.8 Å². The summed E-state index contributed by atoms with van der Waals surface area (Å²) in [6.45, 7) is 1.62. The second-order valence-electron chi connectivity index (χ2n) is 5.75. The highest BCUT2D eigenvalue weighted by Crippen LogP contribution is 2.23. The summed E-state index contributed by atoms with van der Waals surface area (Å²) >= 11 is 0. The highest BCUT2D eigenvalue weighted by molar-refractivity contribution is 8.76. The van der Waals surface area contributed by atoms with E-state index in [1.807, 2.05) is 12.1 Å². The molecule has 4 nitrogen and oxygen atoms in total. The first-order valence-corrected chi connectivity index (χ1v) is 11.1. The summed E-state index contributed by atoms with van der Waals surface area (Å²) < 4.78 is 11.0. The van der Waals surface area contributed by atoms with Crippen molar-refractivity contribution in [2.75, 3.05) is 25.7 Å². The van der Waals surface area contributed by atoms with Gasteiger partial charge in [-0.3, -0.25) is 10.6 Å². The highest BCUT2D eigenvalue weighted by Gasteiger charge is 2.10. The Labute approximate surface area is 189 Å². The predicted molar refractivity (Wildman–Crippen MR) is 128 cm³/mol. The van der Waals surface area contributed by atoms with Crippen molar-refractivity contribution in [3.05, 3.63) is 71.8 Å². The van der Waals surface area contributed by atoms with Crippen LogP contribution in [-0.2, 0) is 22.6 Å². The number of hydrogen-bond donors (Lipinski definition) is 2. The standard InChI is InChI=1S/C20H28N2O2S2.2ClH/c1-23-19(21-13-17-9-5-3-6-10-17)15-25-26-16-20(24-2)22-14-18-11-7-4-8-12-18;;/h3-12,19-22H,13-16H2,1-2H3;2*1H. The van der Waals surface area contributed by atoms with E-state index in [-0.39, 0.29) is 37.3 Å². The zero-order valence-corrected chi connectivity index (χ0v) is 19.5. The van der Waals surface area contributed by atoms with E-state index in [0.29, 0.717) is 0 Å². The molecule has 0 aliphatic carbocycles. The third kappa shape index (κ3) is 11.5. The van der Waals surface area contributed by atoms with Gasteiger partial charge in [0.05, 0.1) is 0 Å². The lowest BCUT2D eigenvalue weighted by Gasteiger charge is -2.19. The van der Waals surface area contributed by atoms with Gasteiger partial charge in [0.2, 0.25) is 0 Å². The number of rotatable bonds is 13. The minimum Gasteiger partial charge on any atom is -0.366 e. The van der Waals surface area contributed by atoms with Crippen molar-refractivity contribution >= 4 is 46.4 Å². The summed E-state index contributed by atoms with van der Waals surface area (Å²) in [5.41, 5.74) is 2.52. The molecule has 0 saturated carbocycles. The van der Waals surface area contributed by atoms with Gasteiger partial charge in [-0.2, -0.15) is 0 Å². The molecule has 2 rings (SSSR count). The van der Waals surface area contributed by atoms with E-state index in [4.69, 9.17) is 9.47 Å². The molecule has 0 heterocycles. The number of nitrogens with one attached hydrogen (secondary N) is 2. The molecule has 2 unspecified atom stereocenters. The molecule has 2 aromatic rings. The van der Waals surface area contributed by atoms with Crippen molar-refractivity contribution in [3.63, 3.8) is 0 Å².